The summed E-state index contributed by atoms with van der Waals surface area (Å²) in [5.41, 5.74) is 3.53. The molecule has 3 rings (SSSR count). The Hall–Kier alpha value is -2.69. The van der Waals surface area contributed by atoms with E-state index in [9.17, 15) is 14.4 Å². The van der Waals surface area contributed by atoms with Crippen LogP contribution in [0.15, 0.2) is 53.6 Å². The van der Waals surface area contributed by atoms with Crippen LogP contribution in [0, 0.1) is 0 Å². The van der Waals surface area contributed by atoms with E-state index in [1.807, 2.05) is 0 Å². The molecule has 1 aliphatic rings. The van der Waals surface area contributed by atoms with E-state index >= 15 is 0 Å². The number of hydrogen-bond donors (Lipinski definition) is 1. The molecule has 94 valence electrons. The standard InChI is InChI=1S/C14H10N2O3/c17-9-5-7-16(8-6-9)15-12-13(18)10-3-1-2-4-11(10)14(12)19/h1-8,12,15H. The third-order valence-corrected chi connectivity index (χ3v) is 3.06. The van der Waals surface area contributed by atoms with Gasteiger partial charge in [0.2, 0.25) is 0 Å². The Labute approximate surface area is 108 Å². The van der Waals surface area contributed by atoms with Gasteiger partial charge in [-0.15, -0.1) is 0 Å². The summed E-state index contributed by atoms with van der Waals surface area (Å²) in [6.07, 6.45) is 2.96. The predicted octanol–water partition coefficient (Wildman–Crippen LogP) is 0.840. The Kier molecular flexibility index (Phi) is 2.52. The minimum atomic E-state index is -0.931. The highest BCUT2D eigenvalue weighted by Crippen LogP contribution is 2.22. The molecule has 19 heavy (non-hydrogen) atoms. The summed E-state index contributed by atoms with van der Waals surface area (Å²) >= 11 is 0. The number of aromatic nitrogens is 1. The number of carbonyl (C=O) groups is 2. The van der Waals surface area contributed by atoms with Crippen molar-refractivity contribution in [1.29, 1.82) is 0 Å². The van der Waals surface area contributed by atoms with E-state index in [1.165, 1.54) is 29.2 Å². The summed E-state index contributed by atoms with van der Waals surface area (Å²) < 4.78 is 1.44. The second-order valence-corrected chi connectivity index (χ2v) is 4.28. The van der Waals surface area contributed by atoms with Gasteiger partial charge in [-0.05, 0) is 0 Å². The molecule has 1 aromatic heterocycles. The summed E-state index contributed by atoms with van der Waals surface area (Å²) in [5.74, 6) is -0.501. The molecule has 0 saturated heterocycles. The van der Waals surface area contributed by atoms with Gasteiger partial charge in [-0.3, -0.25) is 19.1 Å². The molecule has 2 aromatic rings. The van der Waals surface area contributed by atoms with E-state index in [1.54, 1.807) is 24.3 Å². The number of nitrogens with zero attached hydrogens (tertiary/aromatic N) is 1. The molecule has 5 nitrogen and oxygen atoms in total. The first kappa shape index (κ1) is 11.4. The largest absolute Gasteiger partial charge is 0.308 e. The maximum Gasteiger partial charge on any atom is 0.195 e. The van der Waals surface area contributed by atoms with Gasteiger partial charge < -0.3 is 5.43 Å². The number of hydrogen-bond acceptors (Lipinski definition) is 4. The lowest BCUT2D eigenvalue weighted by Gasteiger charge is -2.13. The molecule has 0 fully saturated rings. The molecule has 0 spiro atoms. The molecule has 1 aliphatic carbocycles. The number of carbonyl (C=O) groups excluding carboxylic acids is 2. The lowest BCUT2D eigenvalue weighted by molar-refractivity contribution is 0.0897. The average Bonchev–Trinajstić information content (AvgIpc) is 2.67. The van der Waals surface area contributed by atoms with Crippen molar-refractivity contribution < 1.29 is 9.59 Å². The molecule has 0 amide bonds. The molecule has 0 saturated carbocycles. The molecule has 5 heteroatoms. The van der Waals surface area contributed by atoms with E-state index in [-0.39, 0.29) is 17.0 Å². The number of Topliss-reactive ketones (excluding diaryl/α,β-unsaturated/α-hetero) is 2. The van der Waals surface area contributed by atoms with Crippen molar-refractivity contribution in [1.82, 2.24) is 4.68 Å². The van der Waals surface area contributed by atoms with Crippen LogP contribution in [-0.4, -0.2) is 22.3 Å². The maximum absolute atomic E-state index is 12.1. The molecular formula is C14H10N2O3. The summed E-state index contributed by atoms with van der Waals surface area (Å²) in [5, 5.41) is 0. The molecule has 0 atom stereocenters. The summed E-state index contributed by atoms with van der Waals surface area (Å²) in [7, 11) is 0. The van der Waals surface area contributed by atoms with Crippen molar-refractivity contribution >= 4 is 11.6 Å². The second-order valence-electron chi connectivity index (χ2n) is 4.28. The Balaban J connectivity index is 1.92. The fourth-order valence-corrected chi connectivity index (χ4v) is 2.11. The molecule has 0 radical (unpaired) electrons. The van der Waals surface area contributed by atoms with Crippen LogP contribution >= 0.6 is 0 Å². The van der Waals surface area contributed by atoms with E-state index < -0.39 is 6.04 Å². The van der Waals surface area contributed by atoms with E-state index in [2.05, 4.69) is 5.43 Å². The van der Waals surface area contributed by atoms with Crippen molar-refractivity contribution in [2.45, 2.75) is 6.04 Å². The number of ketones is 2. The lowest BCUT2D eigenvalue weighted by Crippen LogP contribution is -2.37. The minimum Gasteiger partial charge on any atom is -0.308 e. The van der Waals surface area contributed by atoms with Crippen LogP contribution < -0.4 is 10.9 Å². The molecule has 1 heterocycles. The van der Waals surface area contributed by atoms with Gasteiger partial charge in [0, 0.05) is 35.7 Å². The number of pyridine rings is 1. The molecule has 0 bridgehead atoms. The Morgan fingerprint density at radius 2 is 1.37 bits per heavy atom. The van der Waals surface area contributed by atoms with Gasteiger partial charge in [-0.1, -0.05) is 24.3 Å². The first-order valence-electron chi connectivity index (χ1n) is 5.79. The monoisotopic (exact) mass is 254 g/mol. The third-order valence-electron chi connectivity index (χ3n) is 3.06. The van der Waals surface area contributed by atoms with E-state index in [4.69, 9.17) is 0 Å². The van der Waals surface area contributed by atoms with Gasteiger partial charge in [0.25, 0.3) is 0 Å². The van der Waals surface area contributed by atoms with E-state index in [0.717, 1.165) is 0 Å². The Morgan fingerprint density at radius 3 is 1.89 bits per heavy atom. The third kappa shape index (κ3) is 1.85. The highest BCUT2D eigenvalue weighted by molar-refractivity contribution is 6.30. The zero-order valence-electron chi connectivity index (χ0n) is 9.87. The van der Waals surface area contributed by atoms with Gasteiger partial charge in [0.1, 0.15) is 0 Å². The zero-order chi connectivity index (χ0) is 13.4. The van der Waals surface area contributed by atoms with Crippen LogP contribution in [0.1, 0.15) is 20.7 Å². The Morgan fingerprint density at radius 1 is 0.842 bits per heavy atom. The van der Waals surface area contributed by atoms with Crippen LogP contribution in [0.25, 0.3) is 0 Å². The van der Waals surface area contributed by atoms with Crippen LogP contribution in [0.4, 0.5) is 0 Å². The SMILES string of the molecule is O=C1c2ccccc2C(=O)C1Nn1ccc(=O)cc1. The van der Waals surface area contributed by atoms with Gasteiger partial charge >= 0.3 is 0 Å². The zero-order valence-corrected chi connectivity index (χ0v) is 9.87. The van der Waals surface area contributed by atoms with Crippen LogP contribution in [-0.2, 0) is 0 Å². The van der Waals surface area contributed by atoms with Crippen LogP contribution in [0.2, 0.25) is 0 Å². The minimum absolute atomic E-state index is 0.134. The van der Waals surface area contributed by atoms with Gasteiger partial charge in [-0.25, -0.2) is 0 Å². The highest BCUT2D eigenvalue weighted by atomic mass is 16.2. The predicted molar refractivity (Wildman–Crippen MR) is 69.0 cm³/mol. The highest BCUT2D eigenvalue weighted by Gasteiger charge is 2.38. The first-order chi connectivity index (χ1) is 9.16. The molecule has 1 aromatic carbocycles. The van der Waals surface area contributed by atoms with Crippen molar-refractivity contribution in [3.8, 4) is 0 Å². The van der Waals surface area contributed by atoms with Crippen LogP contribution in [0.5, 0.6) is 0 Å². The topological polar surface area (TPSA) is 68.2 Å². The normalized spacial score (nSPS) is 14.5. The maximum atomic E-state index is 12.1. The van der Waals surface area contributed by atoms with E-state index in [0.29, 0.717) is 11.1 Å². The second kappa shape index (κ2) is 4.20. The summed E-state index contributed by atoms with van der Waals surface area (Å²) in [4.78, 5) is 35.2. The Bertz CT molecular complexity index is 678. The van der Waals surface area contributed by atoms with Gasteiger partial charge in [0.05, 0.1) is 0 Å². The molecule has 1 N–H and O–H groups in total. The number of fused-ring (bicyclic) bond motifs is 1. The average molecular weight is 254 g/mol. The molecule has 0 aliphatic heterocycles. The van der Waals surface area contributed by atoms with Crippen molar-refractivity contribution in [3.63, 3.8) is 0 Å². The fraction of sp³-hybridized carbons (Fsp3) is 0.0714. The van der Waals surface area contributed by atoms with Crippen molar-refractivity contribution in [2.24, 2.45) is 0 Å². The number of nitrogens with one attached hydrogen (secondary N) is 1. The van der Waals surface area contributed by atoms with Crippen molar-refractivity contribution in [2.75, 3.05) is 5.43 Å². The smallest absolute Gasteiger partial charge is 0.195 e. The fourth-order valence-electron chi connectivity index (χ4n) is 2.11. The molecule has 0 unspecified atom stereocenters. The quantitative estimate of drug-likeness (QED) is 0.806. The van der Waals surface area contributed by atoms with Crippen molar-refractivity contribution in [3.05, 3.63) is 70.1 Å². The summed E-state index contributed by atoms with van der Waals surface area (Å²) in [6, 6.07) is 8.51. The van der Waals surface area contributed by atoms with Crippen LogP contribution in [0.3, 0.4) is 0 Å². The lowest BCUT2D eigenvalue weighted by atomic mass is 10.1. The van der Waals surface area contributed by atoms with Gasteiger partial charge in [-0.2, -0.15) is 0 Å². The number of benzene rings is 1. The summed E-state index contributed by atoms with van der Waals surface area (Å²) in [6.45, 7) is 0. The van der Waals surface area contributed by atoms with Gasteiger partial charge in [0.15, 0.2) is 23.0 Å². The number of rotatable bonds is 2. The molecular weight excluding hydrogens is 244 g/mol. The first-order valence-corrected chi connectivity index (χ1v) is 5.79.